The fourth-order valence-electron chi connectivity index (χ4n) is 8.69. The van der Waals surface area contributed by atoms with E-state index in [0.29, 0.717) is 0 Å². The van der Waals surface area contributed by atoms with Gasteiger partial charge in [-0.1, -0.05) is 140 Å². The number of fused-ring (bicyclic) bond motifs is 10. The molecule has 262 valence electrons. The summed E-state index contributed by atoms with van der Waals surface area (Å²) in [6.45, 7) is 0. The van der Waals surface area contributed by atoms with Crippen LogP contribution < -0.4 is 4.90 Å². The van der Waals surface area contributed by atoms with Crippen LogP contribution in [0, 0.1) is 0 Å². The Kier molecular flexibility index (Phi) is 6.80. The molecule has 0 amide bonds. The second-order valence-corrected chi connectivity index (χ2v) is 15.5. The highest BCUT2D eigenvalue weighted by Gasteiger charge is 2.23. The topological polar surface area (TPSA) is 29.5 Å². The molecule has 3 heterocycles. The predicted octanol–water partition coefficient (Wildman–Crippen LogP) is 15.8. The van der Waals surface area contributed by atoms with Gasteiger partial charge in [0.1, 0.15) is 22.3 Å². The molecule has 0 N–H and O–H groups in total. The maximum absolute atomic E-state index is 6.57. The van der Waals surface area contributed by atoms with Gasteiger partial charge < -0.3 is 13.7 Å². The number of thiophene rings is 1. The van der Waals surface area contributed by atoms with Crippen LogP contribution in [0.3, 0.4) is 0 Å². The molecule has 4 heteroatoms. The van der Waals surface area contributed by atoms with Crippen LogP contribution in [0.4, 0.5) is 17.1 Å². The van der Waals surface area contributed by atoms with Crippen LogP contribution in [0.25, 0.3) is 97.1 Å². The highest BCUT2D eigenvalue weighted by molar-refractivity contribution is 7.26. The average molecular weight is 734 g/mol. The zero-order valence-corrected chi connectivity index (χ0v) is 30.9. The second-order valence-electron chi connectivity index (χ2n) is 14.4. The van der Waals surface area contributed by atoms with E-state index < -0.39 is 0 Å². The Hall–Kier alpha value is -7.14. The van der Waals surface area contributed by atoms with E-state index in [1.807, 2.05) is 29.5 Å². The summed E-state index contributed by atoms with van der Waals surface area (Å²) in [6, 6.07) is 67.2. The molecule has 9 aromatic carbocycles. The lowest BCUT2D eigenvalue weighted by Gasteiger charge is -2.28. The van der Waals surface area contributed by atoms with Crippen LogP contribution in [-0.4, -0.2) is 0 Å². The van der Waals surface area contributed by atoms with E-state index in [1.165, 1.54) is 31.3 Å². The Morgan fingerprint density at radius 3 is 1.73 bits per heavy atom. The number of hydrogen-bond donors (Lipinski definition) is 0. The van der Waals surface area contributed by atoms with Crippen LogP contribution in [-0.2, 0) is 0 Å². The summed E-state index contributed by atoms with van der Waals surface area (Å²) in [5.41, 5.74) is 11.4. The van der Waals surface area contributed by atoms with Crippen molar-refractivity contribution in [3.05, 3.63) is 188 Å². The minimum absolute atomic E-state index is 0.867. The average Bonchev–Trinajstić information content (AvgIpc) is 3.95. The van der Waals surface area contributed by atoms with E-state index in [4.69, 9.17) is 8.83 Å². The highest BCUT2D eigenvalue weighted by Crippen LogP contribution is 2.48. The van der Waals surface area contributed by atoms with E-state index in [2.05, 4.69) is 175 Å². The number of para-hydroxylation sites is 3. The number of nitrogens with zero attached hydrogens (tertiary/aromatic N) is 1. The second kappa shape index (κ2) is 12.2. The third kappa shape index (κ3) is 4.70. The van der Waals surface area contributed by atoms with Gasteiger partial charge in [0.05, 0.1) is 11.1 Å². The Labute approximate surface area is 325 Å². The van der Waals surface area contributed by atoms with Crippen molar-refractivity contribution in [1.82, 2.24) is 0 Å². The third-order valence-electron chi connectivity index (χ3n) is 11.3. The van der Waals surface area contributed by atoms with Crippen molar-refractivity contribution in [1.29, 1.82) is 0 Å². The number of anilines is 3. The van der Waals surface area contributed by atoms with Gasteiger partial charge >= 0.3 is 0 Å². The first-order valence-electron chi connectivity index (χ1n) is 18.9. The van der Waals surface area contributed by atoms with Crippen molar-refractivity contribution in [2.24, 2.45) is 0 Å². The largest absolute Gasteiger partial charge is 0.456 e. The Bertz CT molecular complexity index is 3320. The fraction of sp³-hybridized carbons (Fsp3) is 0. The fourth-order valence-corrected chi connectivity index (χ4v) is 9.93. The van der Waals surface area contributed by atoms with Crippen molar-refractivity contribution in [3.8, 4) is 22.3 Å². The maximum atomic E-state index is 6.57. The highest BCUT2D eigenvalue weighted by atomic mass is 32.1. The van der Waals surface area contributed by atoms with Gasteiger partial charge in [0.2, 0.25) is 0 Å². The van der Waals surface area contributed by atoms with E-state index >= 15 is 0 Å². The molecular formula is C52H31NO2S. The van der Waals surface area contributed by atoms with Crippen LogP contribution in [0.5, 0.6) is 0 Å². The Morgan fingerprint density at radius 1 is 0.393 bits per heavy atom. The van der Waals surface area contributed by atoms with Crippen LogP contribution >= 0.6 is 11.3 Å². The minimum atomic E-state index is 0.867. The smallest absolute Gasteiger partial charge is 0.143 e. The van der Waals surface area contributed by atoms with Gasteiger partial charge in [-0.2, -0.15) is 0 Å². The summed E-state index contributed by atoms with van der Waals surface area (Å²) in [7, 11) is 0. The monoisotopic (exact) mass is 733 g/mol. The summed E-state index contributed by atoms with van der Waals surface area (Å²) in [4.78, 5) is 2.40. The predicted molar refractivity (Wildman–Crippen MR) is 237 cm³/mol. The third-order valence-corrected chi connectivity index (χ3v) is 12.5. The molecule has 0 radical (unpaired) electrons. The molecule has 56 heavy (non-hydrogen) atoms. The standard InChI is InChI=1S/C52H31NO2S/c1-2-12-37-34(11-1)31-47-49(44-15-4-7-21-46(44)54-47)50(37)53(35-27-23-32(24-28-35)38-16-9-18-42-40-13-3-6-20-45(40)55-51(38)42)36-29-25-33(26-30-36)39-17-10-19-43-41-14-5-8-22-48(41)56-52(39)43/h1-31H. The molecule has 0 fully saturated rings. The zero-order chi connectivity index (χ0) is 36.7. The minimum Gasteiger partial charge on any atom is -0.456 e. The molecule has 0 aliphatic rings. The van der Waals surface area contributed by atoms with Gasteiger partial charge in [0.15, 0.2) is 0 Å². The van der Waals surface area contributed by atoms with Gasteiger partial charge in [0, 0.05) is 58.7 Å². The number of benzene rings is 9. The van der Waals surface area contributed by atoms with Crippen molar-refractivity contribution >= 4 is 103 Å². The van der Waals surface area contributed by atoms with E-state index in [-0.39, 0.29) is 0 Å². The molecule has 0 aliphatic carbocycles. The first-order chi connectivity index (χ1) is 27.8. The molecule has 0 saturated heterocycles. The molecule has 0 saturated carbocycles. The number of rotatable bonds is 5. The van der Waals surface area contributed by atoms with Gasteiger partial charge in [-0.3, -0.25) is 0 Å². The molecule has 3 nitrogen and oxygen atoms in total. The summed E-state index contributed by atoms with van der Waals surface area (Å²) >= 11 is 1.87. The summed E-state index contributed by atoms with van der Waals surface area (Å²) in [5, 5.41) is 9.33. The van der Waals surface area contributed by atoms with Crippen molar-refractivity contribution in [3.63, 3.8) is 0 Å². The van der Waals surface area contributed by atoms with Crippen molar-refractivity contribution in [2.75, 3.05) is 4.90 Å². The lowest BCUT2D eigenvalue weighted by molar-refractivity contribution is 0.669. The van der Waals surface area contributed by atoms with E-state index in [0.717, 1.165) is 82.8 Å². The quantitative estimate of drug-likeness (QED) is 0.176. The molecule has 0 bridgehead atoms. The van der Waals surface area contributed by atoms with Crippen LogP contribution in [0.2, 0.25) is 0 Å². The van der Waals surface area contributed by atoms with Crippen molar-refractivity contribution < 1.29 is 8.83 Å². The van der Waals surface area contributed by atoms with E-state index in [9.17, 15) is 0 Å². The maximum Gasteiger partial charge on any atom is 0.143 e. The lowest BCUT2D eigenvalue weighted by Crippen LogP contribution is -2.11. The Morgan fingerprint density at radius 2 is 0.964 bits per heavy atom. The molecular weight excluding hydrogens is 703 g/mol. The zero-order valence-electron chi connectivity index (χ0n) is 30.1. The summed E-state index contributed by atoms with van der Waals surface area (Å²) in [6.07, 6.45) is 0. The first-order valence-corrected chi connectivity index (χ1v) is 19.7. The molecule has 3 aromatic heterocycles. The first kappa shape index (κ1) is 31.2. The van der Waals surface area contributed by atoms with Gasteiger partial charge in [-0.15, -0.1) is 11.3 Å². The van der Waals surface area contributed by atoms with Crippen molar-refractivity contribution in [2.45, 2.75) is 0 Å². The molecule has 12 aromatic rings. The molecule has 0 spiro atoms. The number of furan rings is 2. The van der Waals surface area contributed by atoms with E-state index in [1.54, 1.807) is 0 Å². The van der Waals surface area contributed by atoms with Gasteiger partial charge in [-0.05, 0) is 70.6 Å². The Balaban J connectivity index is 1.07. The molecule has 0 aliphatic heterocycles. The lowest BCUT2D eigenvalue weighted by atomic mass is 9.99. The SMILES string of the molecule is c1ccc2c(N(c3ccc(-c4cccc5c4oc4ccccc45)cc3)c3ccc(-c4cccc5c4sc4ccccc45)cc3)c3c(cc2c1)oc1ccccc13. The van der Waals surface area contributed by atoms with Crippen LogP contribution in [0.1, 0.15) is 0 Å². The van der Waals surface area contributed by atoms with Crippen LogP contribution in [0.15, 0.2) is 197 Å². The number of hydrogen-bond acceptors (Lipinski definition) is 4. The summed E-state index contributed by atoms with van der Waals surface area (Å²) < 4.78 is 15.7. The van der Waals surface area contributed by atoms with Gasteiger partial charge in [0.25, 0.3) is 0 Å². The molecule has 0 atom stereocenters. The normalized spacial score (nSPS) is 11.9. The summed E-state index contributed by atoms with van der Waals surface area (Å²) in [5.74, 6) is 0. The van der Waals surface area contributed by atoms with Gasteiger partial charge in [-0.25, -0.2) is 0 Å². The molecule has 0 unspecified atom stereocenters. The molecule has 12 rings (SSSR count).